The maximum atomic E-state index is 13.3. The zero-order valence-electron chi connectivity index (χ0n) is 15.4. The molecule has 1 unspecified atom stereocenters. The Kier molecular flexibility index (Phi) is 7.28. The molecule has 1 N–H and O–H groups in total. The van der Waals surface area contributed by atoms with E-state index in [1.165, 1.54) is 12.5 Å². The molecule has 2 heterocycles. The largest absolute Gasteiger partial charge is 0.379 e. The summed E-state index contributed by atoms with van der Waals surface area (Å²) in [4.78, 5) is 9.71. The van der Waals surface area contributed by atoms with Crippen LogP contribution < -0.4 is 5.32 Å². The van der Waals surface area contributed by atoms with Crippen molar-refractivity contribution in [3.05, 3.63) is 34.1 Å². The SMILES string of the molecule is CCNC(=NCCc1ccc(F)c(Br)c1)N1CCC(N2CCOCC2)C1. The quantitative estimate of drug-likeness (QED) is 0.579. The van der Waals surface area contributed by atoms with Gasteiger partial charge >= 0.3 is 0 Å². The lowest BCUT2D eigenvalue weighted by molar-refractivity contribution is 0.0195. The van der Waals surface area contributed by atoms with E-state index in [2.05, 4.69) is 38.0 Å². The second kappa shape index (κ2) is 9.67. The first-order valence-corrected chi connectivity index (χ1v) is 10.3. The number of halogens is 2. The molecule has 1 aromatic rings. The first-order valence-electron chi connectivity index (χ1n) is 9.46. The third-order valence-electron chi connectivity index (χ3n) is 5.01. The van der Waals surface area contributed by atoms with Crippen molar-refractivity contribution in [3.63, 3.8) is 0 Å². The Hall–Kier alpha value is -1.18. The predicted molar refractivity (Wildman–Crippen MR) is 106 cm³/mol. The zero-order chi connectivity index (χ0) is 18.4. The van der Waals surface area contributed by atoms with E-state index in [1.807, 2.05) is 12.1 Å². The van der Waals surface area contributed by atoms with Gasteiger partial charge in [0.25, 0.3) is 0 Å². The lowest BCUT2D eigenvalue weighted by Gasteiger charge is -2.32. The maximum Gasteiger partial charge on any atom is 0.193 e. The van der Waals surface area contributed by atoms with Crippen LogP contribution in [0, 0.1) is 5.82 Å². The summed E-state index contributed by atoms with van der Waals surface area (Å²) in [6.45, 7) is 9.47. The molecule has 0 amide bonds. The maximum absolute atomic E-state index is 13.3. The van der Waals surface area contributed by atoms with E-state index in [9.17, 15) is 4.39 Å². The molecule has 144 valence electrons. The van der Waals surface area contributed by atoms with Gasteiger partial charge in [-0.15, -0.1) is 0 Å². The van der Waals surface area contributed by atoms with Crippen LogP contribution in [0.1, 0.15) is 18.9 Å². The van der Waals surface area contributed by atoms with Crippen molar-refractivity contribution < 1.29 is 9.13 Å². The topological polar surface area (TPSA) is 40.1 Å². The monoisotopic (exact) mass is 426 g/mol. The average Bonchev–Trinajstić information content (AvgIpc) is 3.15. The van der Waals surface area contributed by atoms with E-state index in [0.29, 0.717) is 17.1 Å². The zero-order valence-corrected chi connectivity index (χ0v) is 17.0. The molecule has 26 heavy (non-hydrogen) atoms. The lowest BCUT2D eigenvalue weighted by Crippen LogP contribution is -2.46. The first kappa shape index (κ1) is 19.6. The number of morpholine rings is 1. The predicted octanol–water partition coefficient (Wildman–Crippen LogP) is 2.50. The summed E-state index contributed by atoms with van der Waals surface area (Å²) < 4.78 is 19.3. The van der Waals surface area contributed by atoms with Crippen molar-refractivity contribution in [1.82, 2.24) is 15.1 Å². The molecule has 7 heteroatoms. The fourth-order valence-corrected chi connectivity index (χ4v) is 4.01. The highest BCUT2D eigenvalue weighted by Crippen LogP contribution is 2.18. The summed E-state index contributed by atoms with van der Waals surface area (Å²) in [5.74, 6) is 0.765. The summed E-state index contributed by atoms with van der Waals surface area (Å²) >= 11 is 3.25. The van der Waals surface area contributed by atoms with Crippen LogP contribution in [-0.2, 0) is 11.2 Å². The van der Waals surface area contributed by atoms with Gasteiger partial charge in [-0.25, -0.2) is 4.39 Å². The van der Waals surface area contributed by atoms with Gasteiger partial charge in [0, 0.05) is 45.3 Å². The van der Waals surface area contributed by atoms with Crippen molar-refractivity contribution in [2.75, 3.05) is 52.5 Å². The summed E-state index contributed by atoms with van der Waals surface area (Å²) in [6, 6.07) is 5.76. The molecule has 5 nitrogen and oxygen atoms in total. The normalized spacial score (nSPS) is 22.0. The van der Waals surface area contributed by atoms with E-state index in [1.54, 1.807) is 0 Å². The van der Waals surface area contributed by atoms with E-state index in [0.717, 1.165) is 63.9 Å². The number of likely N-dealkylation sites (tertiary alicyclic amines) is 1. The second-order valence-electron chi connectivity index (χ2n) is 6.77. The van der Waals surface area contributed by atoms with Crippen LogP contribution >= 0.6 is 15.9 Å². The van der Waals surface area contributed by atoms with E-state index < -0.39 is 0 Å². The number of ether oxygens (including phenoxy) is 1. The fraction of sp³-hybridized carbons (Fsp3) is 0.632. The van der Waals surface area contributed by atoms with Gasteiger partial charge in [0.1, 0.15) is 5.82 Å². The number of guanidine groups is 1. The smallest absolute Gasteiger partial charge is 0.193 e. The number of benzene rings is 1. The van der Waals surface area contributed by atoms with Gasteiger partial charge in [0.2, 0.25) is 0 Å². The van der Waals surface area contributed by atoms with Crippen LogP contribution in [0.5, 0.6) is 0 Å². The van der Waals surface area contributed by atoms with Gasteiger partial charge in [0.05, 0.1) is 17.7 Å². The third kappa shape index (κ3) is 5.18. The minimum Gasteiger partial charge on any atom is -0.379 e. The molecule has 0 spiro atoms. The lowest BCUT2D eigenvalue weighted by atomic mass is 10.1. The van der Waals surface area contributed by atoms with Crippen molar-refractivity contribution in [3.8, 4) is 0 Å². The molecular formula is C19H28BrFN4O. The van der Waals surface area contributed by atoms with Crippen LogP contribution in [-0.4, -0.2) is 74.3 Å². The summed E-state index contributed by atoms with van der Waals surface area (Å²) in [7, 11) is 0. The summed E-state index contributed by atoms with van der Waals surface area (Å²) in [6.07, 6.45) is 1.98. The van der Waals surface area contributed by atoms with Gasteiger partial charge < -0.3 is 15.0 Å². The molecule has 1 aromatic carbocycles. The molecule has 0 saturated carbocycles. The van der Waals surface area contributed by atoms with Crippen molar-refractivity contribution in [2.24, 2.45) is 4.99 Å². The Bertz CT molecular complexity index is 622. The van der Waals surface area contributed by atoms with E-state index >= 15 is 0 Å². The standard InChI is InChI=1S/C19H28BrFN4O/c1-2-22-19(23-7-5-15-3-4-18(21)17(20)13-15)25-8-6-16(14-25)24-9-11-26-12-10-24/h3-4,13,16H,2,5-12,14H2,1H3,(H,22,23). The Morgan fingerprint density at radius 1 is 1.35 bits per heavy atom. The van der Waals surface area contributed by atoms with E-state index in [4.69, 9.17) is 9.73 Å². The Balaban J connectivity index is 1.55. The molecule has 3 rings (SSSR count). The average molecular weight is 427 g/mol. The number of rotatable bonds is 5. The number of hydrogen-bond acceptors (Lipinski definition) is 3. The van der Waals surface area contributed by atoms with Gasteiger partial charge in [-0.2, -0.15) is 0 Å². The highest BCUT2D eigenvalue weighted by Gasteiger charge is 2.30. The minimum absolute atomic E-state index is 0.225. The summed E-state index contributed by atoms with van der Waals surface area (Å²) in [5.41, 5.74) is 1.09. The molecule has 2 aliphatic heterocycles. The number of aliphatic imine (C=N–C) groups is 1. The molecule has 1 atom stereocenters. The Labute approximate surface area is 163 Å². The highest BCUT2D eigenvalue weighted by atomic mass is 79.9. The first-order chi connectivity index (χ1) is 12.7. The number of nitrogens with zero attached hydrogens (tertiary/aromatic N) is 3. The molecular weight excluding hydrogens is 399 g/mol. The van der Waals surface area contributed by atoms with Crippen molar-refractivity contribution in [1.29, 1.82) is 0 Å². The van der Waals surface area contributed by atoms with Crippen LogP contribution in [0.2, 0.25) is 0 Å². The van der Waals surface area contributed by atoms with Gasteiger partial charge in [0.15, 0.2) is 5.96 Å². The molecule has 0 aromatic heterocycles. The molecule has 0 aliphatic carbocycles. The molecule has 2 aliphatic rings. The number of hydrogen-bond donors (Lipinski definition) is 1. The van der Waals surface area contributed by atoms with Gasteiger partial charge in [-0.05, 0) is 53.4 Å². The molecule has 2 saturated heterocycles. The second-order valence-corrected chi connectivity index (χ2v) is 7.63. The summed E-state index contributed by atoms with van der Waals surface area (Å²) in [5, 5.41) is 3.42. The molecule has 0 bridgehead atoms. The molecule has 0 radical (unpaired) electrons. The van der Waals surface area contributed by atoms with Gasteiger partial charge in [-0.1, -0.05) is 6.07 Å². The van der Waals surface area contributed by atoms with E-state index in [-0.39, 0.29) is 5.82 Å². The van der Waals surface area contributed by atoms with Crippen LogP contribution in [0.4, 0.5) is 4.39 Å². The Morgan fingerprint density at radius 2 is 2.15 bits per heavy atom. The molecule has 2 fully saturated rings. The third-order valence-corrected chi connectivity index (χ3v) is 5.61. The number of nitrogens with one attached hydrogen (secondary N) is 1. The highest BCUT2D eigenvalue weighted by molar-refractivity contribution is 9.10. The van der Waals surface area contributed by atoms with Gasteiger partial charge in [-0.3, -0.25) is 9.89 Å². The van der Waals surface area contributed by atoms with Crippen LogP contribution in [0.3, 0.4) is 0 Å². The van der Waals surface area contributed by atoms with Crippen molar-refractivity contribution in [2.45, 2.75) is 25.8 Å². The fourth-order valence-electron chi connectivity index (χ4n) is 3.59. The van der Waals surface area contributed by atoms with Crippen LogP contribution in [0.15, 0.2) is 27.7 Å². The van der Waals surface area contributed by atoms with Crippen LogP contribution in [0.25, 0.3) is 0 Å². The Morgan fingerprint density at radius 3 is 2.88 bits per heavy atom. The minimum atomic E-state index is -0.225. The van der Waals surface area contributed by atoms with Crippen molar-refractivity contribution >= 4 is 21.9 Å².